The molecule has 1 aliphatic heterocycles. The van der Waals surface area contributed by atoms with Crippen molar-refractivity contribution in [3.05, 3.63) is 18.0 Å². The van der Waals surface area contributed by atoms with Crippen molar-refractivity contribution >= 4 is 16.9 Å². The maximum absolute atomic E-state index is 6.02. The molecule has 0 bridgehead atoms. The van der Waals surface area contributed by atoms with E-state index < -0.39 is 0 Å². The van der Waals surface area contributed by atoms with Crippen molar-refractivity contribution in [1.82, 2.24) is 29.7 Å². The van der Waals surface area contributed by atoms with Gasteiger partial charge in [-0.25, -0.2) is 9.61 Å². The molecule has 1 aliphatic rings. The third-order valence-corrected chi connectivity index (χ3v) is 4.47. The predicted molar refractivity (Wildman–Crippen MR) is 88.8 cm³/mol. The quantitative estimate of drug-likeness (QED) is 0.714. The number of anilines is 1. The molecule has 0 aromatic carbocycles. The zero-order valence-corrected chi connectivity index (χ0v) is 13.5. The van der Waals surface area contributed by atoms with Crippen LogP contribution < -0.4 is 11.5 Å². The summed E-state index contributed by atoms with van der Waals surface area (Å²) in [5.41, 5.74) is 15.3. The molecule has 3 aromatic heterocycles. The first-order chi connectivity index (χ1) is 11.7. The first-order valence-electron chi connectivity index (χ1n) is 8.06. The van der Waals surface area contributed by atoms with Gasteiger partial charge in [-0.3, -0.25) is 9.88 Å². The molecule has 9 heteroatoms. The molecule has 3 aromatic rings. The highest BCUT2D eigenvalue weighted by Crippen LogP contribution is 2.28. The van der Waals surface area contributed by atoms with Gasteiger partial charge in [0, 0.05) is 44.0 Å². The average molecular weight is 328 g/mol. The van der Waals surface area contributed by atoms with Crippen molar-refractivity contribution in [3.63, 3.8) is 0 Å². The maximum Gasteiger partial charge on any atom is 0.199 e. The summed E-state index contributed by atoms with van der Waals surface area (Å²) in [6.07, 6.45) is 4.69. The van der Waals surface area contributed by atoms with Crippen molar-refractivity contribution in [1.29, 1.82) is 0 Å². The third kappa shape index (κ3) is 2.42. The summed E-state index contributed by atoms with van der Waals surface area (Å²) >= 11 is 0. The van der Waals surface area contributed by atoms with E-state index in [0.29, 0.717) is 11.5 Å². The Morgan fingerprint density at radius 1 is 1.33 bits per heavy atom. The van der Waals surface area contributed by atoms with Crippen LogP contribution >= 0.6 is 0 Å². The van der Waals surface area contributed by atoms with E-state index in [1.54, 1.807) is 6.20 Å². The first kappa shape index (κ1) is 15.0. The number of nitrogens with zero attached hydrogens (tertiary/aromatic N) is 6. The fourth-order valence-electron chi connectivity index (χ4n) is 3.36. The maximum atomic E-state index is 6.02. The first-order valence-corrected chi connectivity index (χ1v) is 8.06. The smallest absolute Gasteiger partial charge is 0.199 e. The van der Waals surface area contributed by atoms with E-state index in [1.165, 1.54) is 0 Å². The van der Waals surface area contributed by atoms with Crippen LogP contribution in [0.3, 0.4) is 0 Å². The summed E-state index contributed by atoms with van der Waals surface area (Å²) < 4.78 is 6.81. The molecule has 1 saturated heterocycles. The van der Waals surface area contributed by atoms with E-state index >= 15 is 0 Å². The van der Waals surface area contributed by atoms with Crippen LogP contribution in [0.15, 0.2) is 17.0 Å². The van der Waals surface area contributed by atoms with Crippen molar-refractivity contribution in [2.24, 2.45) is 5.73 Å². The molecule has 9 nitrogen and oxygen atoms in total. The average Bonchev–Trinajstić information content (AvgIpc) is 3.25. The molecule has 24 heavy (non-hydrogen) atoms. The Morgan fingerprint density at radius 2 is 2.21 bits per heavy atom. The lowest BCUT2D eigenvalue weighted by Gasteiger charge is -2.16. The van der Waals surface area contributed by atoms with Crippen LogP contribution in [0.25, 0.3) is 22.6 Å². The van der Waals surface area contributed by atoms with E-state index in [0.717, 1.165) is 49.2 Å². The molecular formula is C15H20N8O. The molecule has 0 saturated carbocycles. The van der Waals surface area contributed by atoms with Gasteiger partial charge >= 0.3 is 0 Å². The molecule has 1 atom stereocenters. The van der Waals surface area contributed by atoms with Gasteiger partial charge in [0.1, 0.15) is 5.52 Å². The summed E-state index contributed by atoms with van der Waals surface area (Å²) in [5.74, 6) is 0.888. The fraction of sp³-hybridized carbons (Fsp3) is 0.467. The van der Waals surface area contributed by atoms with Crippen LogP contribution in [0.1, 0.15) is 18.9 Å². The lowest BCUT2D eigenvalue weighted by Crippen LogP contribution is -2.26. The number of nitrogens with two attached hydrogens (primary N) is 2. The Morgan fingerprint density at radius 3 is 2.88 bits per heavy atom. The van der Waals surface area contributed by atoms with Gasteiger partial charge in [-0.15, -0.1) is 0 Å². The van der Waals surface area contributed by atoms with Crippen LogP contribution in [-0.2, 0) is 13.1 Å². The minimum atomic E-state index is 0.236. The summed E-state index contributed by atoms with van der Waals surface area (Å²) in [6, 6.07) is 0.254. The molecule has 1 fully saturated rings. The van der Waals surface area contributed by atoms with E-state index in [9.17, 15) is 0 Å². The van der Waals surface area contributed by atoms with Crippen LogP contribution in [0.2, 0.25) is 0 Å². The highest BCUT2D eigenvalue weighted by Gasteiger charge is 2.23. The van der Waals surface area contributed by atoms with Crippen LogP contribution in [0.5, 0.6) is 0 Å². The monoisotopic (exact) mass is 328 g/mol. The topological polar surface area (TPSA) is 125 Å². The fourth-order valence-corrected chi connectivity index (χ4v) is 3.36. The lowest BCUT2D eigenvalue weighted by atomic mass is 10.2. The Balaban J connectivity index is 1.81. The van der Waals surface area contributed by atoms with Crippen molar-refractivity contribution in [3.8, 4) is 11.5 Å². The lowest BCUT2D eigenvalue weighted by molar-refractivity contribution is 0.310. The SMILES string of the molecule is CCn1c(-c2nonc2N)nc2cncc(CN3CC[C@H](N)C3)c21. The van der Waals surface area contributed by atoms with Gasteiger partial charge in [0.05, 0.1) is 11.7 Å². The van der Waals surface area contributed by atoms with Crippen molar-refractivity contribution in [2.45, 2.75) is 32.5 Å². The van der Waals surface area contributed by atoms with Gasteiger partial charge in [-0.05, 0) is 23.7 Å². The number of rotatable bonds is 4. The van der Waals surface area contributed by atoms with Crippen LogP contribution in [0, 0.1) is 0 Å². The second-order valence-corrected chi connectivity index (χ2v) is 6.13. The highest BCUT2D eigenvalue weighted by atomic mass is 16.6. The number of imidazole rings is 1. The molecular weight excluding hydrogens is 308 g/mol. The molecule has 0 amide bonds. The second-order valence-electron chi connectivity index (χ2n) is 6.13. The van der Waals surface area contributed by atoms with Crippen LogP contribution in [0.4, 0.5) is 5.82 Å². The third-order valence-electron chi connectivity index (χ3n) is 4.47. The number of likely N-dealkylation sites (tertiary alicyclic amines) is 1. The Bertz CT molecular complexity index is 870. The summed E-state index contributed by atoms with van der Waals surface area (Å²) in [5, 5.41) is 7.54. The molecule has 0 spiro atoms. The van der Waals surface area contributed by atoms with Gasteiger partial charge < -0.3 is 16.0 Å². The normalized spacial score (nSPS) is 18.7. The van der Waals surface area contributed by atoms with Gasteiger partial charge in [-0.2, -0.15) is 0 Å². The highest BCUT2D eigenvalue weighted by molar-refractivity contribution is 5.83. The Kier molecular flexibility index (Phi) is 3.66. The van der Waals surface area contributed by atoms with E-state index in [2.05, 4.69) is 36.7 Å². The van der Waals surface area contributed by atoms with E-state index in [1.807, 2.05) is 6.20 Å². The number of hydrogen-bond donors (Lipinski definition) is 2. The second kappa shape index (κ2) is 5.84. The van der Waals surface area contributed by atoms with E-state index in [-0.39, 0.29) is 11.9 Å². The number of pyridine rings is 1. The van der Waals surface area contributed by atoms with Gasteiger partial charge in [0.15, 0.2) is 17.3 Å². The minimum absolute atomic E-state index is 0.236. The minimum Gasteiger partial charge on any atom is -0.379 e. The number of aromatic nitrogens is 5. The Labute approximate surface area is 138 Å². The zero-order valence-electron chi connectivity index (χ0n) is 13.5. The number of hydrogen-bond acceptors (Lipinski definition) is 8. The summed E-state index contributed by atoms with van der Waals surface area (Å²) in [7, 11) is 0. The van der Waals surface area contributed by atoms with Gasteiger partial charge in [0.2, 0.25) is 0 Å². The summed E-state index contributed by atoms with van der Waals surface area (Å²) in [4.78, 5) is 11.3. The predicted octanol–water partition coefficient (Wildman–Crippen LogP) is 0.616. The summed E-state index contributed by atoms with van der Waals surface area (Å²) in [6.45, 7) is 5.50. The number of aryl methyl sites for hydroxylation is 1. The molecule has 0 unspecified atom stereocenters. The molecule has 4 rings (SSSR count). The molecule has 0 radical (unpaired) electrons. The van der Waals surface area contributed by atoms with Crippen molar-refractivity contribution in [2.75, 3.05) is 18.8 Å². The van der Waals surface area contributed by atoms with Crippen molar-refractivity contribution < 1.29 is 4.63 Å². The van der Waals surface area contributed by atoms with Crippen LogP contribution in [-0.4, -0.2) is 48.9 Å². The number of nitrogen functional groups attached to an aromatic ring is 1. The van der Waals surface area contributed by atoms with Gasteiger partial charge in [-0.1, -0.05) is 0 Å². The zero-order chi connectivity index (χ0) is 16.7. The Hall–Kier alpha value is -2.52. The standard InChI is InChI=1S/C15H20N8O/c1-2-23-13-9(7-22-4-3-10(16)8-22)5-18-6-11(13)19-15(23)12-14(17)21-24-20-12/h5-6,10H,2-4,7-8,16H2,1H3,(H2,17,21)/t10-/m0/s1. The molecule has 4 N–H and O–H groups in total. The van der Waals surface area contributed by atoms with E-state index in [4.69, 9.17) is 16.1 Å². The molecule has 4 heterocycles. The number of fused-ring (bicyclic) bond motifs is 1. The molecule has 0 aliphatic carbocycles. The molecule has 126 valence electrons. The largest absolute Gasteiger partial charge is 0.379 e. The van der Waals surface area contributed by atoms with Gasteiger partial charge in [0.25, 0.3) is 0 Å².